The van der Waals surface area contributed by atoms with Gasteiger partial charge in [0.05, 0.1) is 12.2 Å². The number of carbonyl (C=O) groups excluding carboxylic acids is 1. The van der Waals surface area contributed by atoms with Crippen molar-refractivity contribution < 1.29 is 15.1 Å². The molecule has 0 amide bonds. The third kappa shape index (κ3) is 2.54. The molecule has 2 heterocycles. The maximum absolute atomic E-state index is 12.7. The number of hydrogen-bond donors (Lipinski definition) is 3. The Kier molecular flexibility index (Phi) is 3.87. The van der Waals surface area contributed by atoms with Crippen LogP contribution in [0.2, 0.25) is 0 Å². The van der Waals surface area contributed by atoms with E-state index in [0.717, 1.165) is 22.0 Å². The van der Waals surface area contributed by atoms with Crippen molar-refractivity contribution in [2.75, 3.05) is 6.61 Å². The highest BCUT2D eigenvalue weighted by Gasteiger charge is 2.41. The van der Waals surface area contributed by atoms with Gasteiger partial charge in [0.1, 0.15) is 6.04 Å². The normalized spacial score (nSPS) is 19.5. The Bertz CT molecular complexity index is 900. The van der Waals surface area contributed by atoms with E-state index in [9.17, 15) is 4.79 Å². The molecule has 1 unspecified atom stereocenters. The van der Waals surface area contributed by atoms with Crippen molar-refractivity contribution in [3.05, 3.63) is 59.3 Å². The lowest BCUT2D eigenvalue weighted by Crippen LogP contribution is -2.87. The van der Waals surface area contributed by atoms with Crippen molar-refractivity contribution in [1.82, 2.24) is 15.9 Å². The monoisotopic (exact) mass is 338 g/mol. The fourth-order valence-electron chi connectivity index (χ4n) is 3.39. The van der Waals surface area contributed by atoms with E-state index in [2.05, 4.69) is 34.2 Å². The zero-order valence-corrected chi connectivity index (χ0v) is 14.1. The molecule has 0 spiro atoms. The van der Waals surface area contributed by atoms with Crippen molar-refractivity contribution in [3.63, 3.8) is 0 Å². The summed E-state index contributed by atoms with van der Waals surface area (Å²) >= 11 is 0. The number of ether oxygens (including phenoxy) is 1. The van der Waals surface area contributed by atoms with Crippen LogP contribution in [0.3, 0.4) is 0 Å². The van der Waals surface area contributed by atoms with Gasteiger partial charge >= 0.3 is 5.97 Å². The van der Waals surface area contributed by atoms with Gasteiger partial charge in [0.15, 0.2) is 0 Å². The van der Waals surface area contributed by atoms with Gasteiger partial charge in [-0.05, 0) is 40.8 Å². The van der Waals surface area contributed by atoms with Crippen LogP contribution in [0.5, 0.6) is 0 Å². The second-order valence-electron chi connectivity index (χ2n) is 5.94. The van der Waals surface area contributed by atoms with Crippen molar-refractivity contribution in [3.8, 4) is 0 Å². The molecule has 2 aliphatic heterocycles. The summed E-state index contributed by atoms with van der Waals surface area (Å²) in [7, 11) is 0. The van der Waals surface area contributed by atoms with E-state index in [1.807, 2.05) is 43.1 Å². The first-order chi connectivity index (χ1) is 12.2. The summed E-state index contributed by atoms with van der Waals surface area (Å²) in [4.78, 5) is 12.7. The molecule has 0 aliphatic carbocycles. The molecule has 0 saturated carbocycles. The van der Waals surface area contributed by atoms with Gasteiger partial charge in [-0.25, -0.2) is 9.80 Å². The number of benzene rings is 2. The SMILES string of the molecule is CCOC(=O)C1=C(C)NC2=N[NH2+]NN2C1c1cccc2ccccc12. The van der Waals surface area contributed by atoms with Crippen LogP contribution in [0.25, 0.3) is 10.8 Å². The minimum atomic E-state index is -0.330. The molecule has 0 radical (unpaired) electrons. The molecular weight excluding hydrogens is 318 g/mol. The molecule has 128 valence electrons. The highest BCUT2D eigenvalue weighted by Crippen LogP contribution is 2.36. The number of hydrazine groups is 1. The number of allylic oxidation sites excluding steroid dienone is 1. The predicted molar refractivity (Wildman–Crippen MR) is 93.5 cm³/mol. The Balaban J connectivity index is 1.92. The molecule has 1 atom stereocenters. The second-order valence-corrected chi connectivity index (χ2v) is 5.94. The first-order valence-corrected chi connectivity index (χ1v) is 8.28. The molecular formula is C18H20N5O2+. The first kappa shape index (κ1) is 15.6. The topological polar surface area (TPSA) is 82.6 Å². The zero-order chi connectivity index (χ0) is 17.4. The molecule has 7 nitrogen and oxygen atoms in total. The Morgan fingerprint density at radius 1 is 1.28 bits per heavy atom. The molecule has 0 saturated heterocycles. The minimum Gasteiger partial charge on any atom is -0.463 e. The summed E-state index contributed by atoms with van der Waals surface area (Å²) in [5.41, 5.74) is 7.09. The summed E-state index contributed by atoms with van der Waals surface area (Å²) in [6.07, 6.45) is 0. The molecule has 0 bridgehead atoms. The van der Waals surface area contributed by atoms with E-state index in [-0.39, 0.29) is 12.0 Å². The minimum absolute atomic E-state index is 0.321. The van der Waals surface area contributed by atoms with Crippen LogP contribution in [0.15, 0.2) is 58.8 Å². The van der Waals surface area contributed by atoms with Crippen molar-refractivity contribution in [1.29, 1.82) is 0 Å². The highest BCUT2D eigenvalue weighted by molar-refractivity contribution is 5.98. The molecule has 4 N–H and O–H groups in total. The largest absolute Gasteiger partial charge is 0.463 e. The summed E-state index contributed by atoms with van der Waals surface area (Å²) in [6, 6.07) is 13.9. The zero-order valence-electron chi connectivity index (χ0n) is 14.1. The van der Waals surface area contributed by atoms with E-state index in [1.165, 1.54) is 0 Å². The standard InChI is InChI=1S/C18H19N5O2/c1-3-25-17(24)15-11(2)19-18-20-21-22-23(18)16(15)14-10-6-8-12-7-4-5-9-13(12)14/h4-10,16,21-22H,3H2,1-2H3,(H,19,20)/p+1. The molecule has 2 aromatic rings. The summed E-state index contributed by atoms with van der Waals surface area (Å²) in [5.74, 6) is 0.349. The van der Waals surface area contributed by atoms with Crippen LogP contribution in [-0.2, 0) is 9.53 Å². The Morgan fingerprint density at radius 3 is 2.92 bits per heavy atom. The number of guanidine groups is 1. The van der Waals surface area contributed by atoms with Crippen LogP contribution < -0.4 is 16.4 Å². The number of carbonyl (C=O) groups is 1. The van der Waals surface area contributed by atoms with Gasteiger partial charge in [0.2, 0.25) is 0 Å². The molecule has 2 aromatic carbocycles. The van der Waals surface area contributed by atoms with Crippen LogP contribution >= 0.6 is 0 Å². The van der Waals surface area contributed by atoms with E-state index in [0.29, 0.717) is 18.1 Å². The van der Waals surface area contributed by atoms with Gasteiger partial charge in [-0.1, -0.05) is 42.5 Å². The number of nitrogens with one attached hydrogen (secondary N) is 2. The maximum atomic E-state index is 12.7. The lowest BCUT2D eigenvalue weighted by atomic mass is 9.91. The third-order valence-electron chi connectivity index (χ3n) is 4.46. The lowest BCUT2D eigenvalue weighted by molar-refractivity contribution is -0.726. The van der Waals surface area contributed by atoms with Crippen LogP contribution in [0, 0.1) is 0 Å². The average Bonchev–Trinajstić information content (AvgIpc) is 3.08. The van der Waals surface area contributed by atoms with Crippen LogP contribution in [-0.4, -0.2) is 23.5 Å². The first-order valence-electron chi connectivity index (χ1n) is 8.28. The predicted octanol–water partition coefficient (Wildman–Crippen LogP) is 0.891. The number of esters is 1. The van der Waals surface area contributed by atoms with Gasteiger partial charge in [0, 0.05) is 5.70 Å². The van der Waals surface area contributed by atoms with Crippen molar-refractivity contribution in [2.24, 2.45) is 5.10 Å². The molecule has 4 rings (SSSR count). The maximum Gasteiger partial charge on any atom is 0.338 e. The van der Waals surface area contributed by atoms with E-state index < -0.39 is 0 Å². The number of quaternary nitrogens is 1. The van der Waals surface area contributed by atoms with Gasteiger partial charge in [-0.2, -0.15) is 0 Å². The number of nitrogens with zero attached hydrogens (tertiary/aromatic N) is 2. The smallest absolute Gasteiger partial charge is 0.338 e. The fourth-order valence-corrected chi connectivity index (χ4v) is 3.39. The van der Waals surface area contributed by atoms with E-state index in [1.54, 1.807) is 5.53 Å². The fraction of sp³-hybridized carbons (Fsp3) is 0.222. The van der Waals surface area contributed by atoms with Gasteiger partial charge in [-0.15, -0.1) is 5.53 Å². The van der Waals surface area contributed by atoms with Gasteiger partial charge in [0.25, 0.3) is 5.96 Å². The van der Waals surface area contributed by atoms with Crippen molar-refractivity contribution >= 4 is 22.7 Å². The second kappa shape index (κ2) is 6.19. The highest BCUT2D eigenvalue weighted by atomic mass is 16.5. The van der Waals surface area contributed by atoms with Crippen molar-refractivity contribution in [2.45, 2.75) is 19.9 Å². The summed E-state index contributed by atoms with van der Waals surface area (Å²) in [5, 5.41) is 11.6. The number of rotatable bonds is 3. The van der Waals surface area contributed by atoms with Gasteiger partial charge < -0.3 is 10.1 Å². The molecule has 0 aromatic heterocycles. The molecule has 25 heavy (non-hydrogen) atoms. The van der Waals surface area contributed by atoms with E-state index >= 15 is 0 Å². The van der Waals surface area contributed by atoms with Crippen LogP contribution in [0.4, 0.5) is 0 Å². The quantitative estimate of drug-likeness (QED) is 0.572. The van der Waals surface area contributed by atoms with Crippen LogP contribution in [0.1, 0.15) is 25.5 Å². The molecule has 0 fully saturated rings. The Hall–Kier alpha value is -2.90. The third-order valence-corrected chi connectivity index (χ3v) is 4.46. The number of hydrogen-bond acceptors (Lipinski definition) is 6. The number of nitrogens with two attached hydrogens (primary N) is 1. The Labute approximate surface area is 145 Å². The Morgan fingerprint density at radius 2 is 2.08 bits per heavy atom. The lowest BCUT2D eigenvalue weighted by Gasteiger charge is -2.34. The summed E-state index contributed by atoms with van der Waals surface area (Å²) in [6.45, 7) is 4.02. The van der Waals surface area contributed by atoms with E-state index in [4.69, 9.17) is 4.74 Å². The number of fused-ring (bicyclic) bond motifs is 2. The summed E-state index contributed by atoms with van der Waals surface area (Å²) < 4.78 is 5.32. The average molecular weight is 338 g/mol. The van der Waals surface area contributed by atoms with Gasteiger partial charge in [-0.3, -0.25) is 0 Å². The molecule has 7 heteroatoms. The molecule has 2 aliphatic rings.